The number of pyridine rings is 1. The van der Waals surface area contributed by atoms with Gasteiger partial charge in [-0.15, -0.1) is 0 Å². The van der Waals surface area contributed by atoms with E-state index >= 15 is 0 Å². The van der Waals surface area contributed by atoms with Crippen molar-refractivity contribution in [3.63, 3.8) is 0 Å². The number of nitriles is 1. The van der Waals surface area contributed by atoms with E-state index in [4.69, 9.17) is 10.1 Å². The highest BCUT2D eigenvalue weighted by molar-refractivity contribution is 6.00. The molecule has 1 N–H and O–H groups in total. The Morgan fingerprint density at radius 1 is 1.41 bits per heavy atom. The summed E-state index contributed by atoms with van der Waals surface area (Å²) >= 11 is 0. The van der Waals surface area contributed by atoms with Crippen LogP contribution in [-0.4, -0.2) is 52.9 Å². The second kappa shape index (κ2) is 7.98. The Balaban J connectivity index is 1.84. The van der Waals surface area contributed by atoms with E-state index in [0.29, 0.717) is 24.2 Å². The highest BCUT2D eigenvalue weighted by Crippen LogP contribution is 2.26. The molecule has 27 heavy (non-hydrogen) atoms. The predicted molar refractivity (Wildman–Crippen MR) is 100 cm³/mol. The van der Waals surface area contributed by atoms with Gasteiger partial charge in [-0.2, -0.15) is 5.26 Å². The molecule has 0 spiro atoms. The van der Waals surface area contributed by atoms with Crippen LogP contribution in [0.5, 0.6) is 0 Å². The van der Waals surface area contributed by atoms with Gasteiger partial charge >= 0.3 is 0 Å². The third kappa shape index (κ3) is 3.66. The van der Waals surface area contributed by atoms with Gasteiger partial charge in [0.1, 0.15) is 18.9 Å². The largest absolute Gasteiger partial charge is 0.399 e. The normalized spacial score (nSPS) is 17.8. The lowest BCUT2D eigenvalue weighted by Crippen LogP contribution is -2.37. The van der Waals surface area contributed by atoms with Gasteiger partial charge in [0.2, 0.25) is 0 Å². The van der Waals surface area contributed by atoms with Gasteiger partial charge in [-0.1, -0.05) is 17.3 Å². The molecule has 1 aliphatic rings. The summed E-state index contributed by atoms with van der Waals surface area (Å²) in [4.78, 5) is 23.3. The maximum atomic E-state index is 12.8. The summed E-state index contributed by atoms with van der Waals surface area (Å²) in [6.45, 7) is 2.07. The summed E-state index contributed by atoms with van der Waals surface area (Å²) in [6, 6.07) is 10.8. The number of nitrogens with zero attached hydrogens (tertiary/aromatic N) is 4. The molecule has 0 unspecified atom stereocenters. The average molecular weight is 364 g/mol. The topological polar surface area (TPSA) is 98.8 Å². The summed E-state index contributed by atoms with van der Waals surface area (Å²) < 4.78 is 0. The van der Waals surface area contributed by atoms with Crippen molar-refractivity contribution in [2.75, 3.05) is 20.3 Å². The van der Waals surface area contributed by atoms with Crippen LogP contribution in [0.3, 0.4) is 0 Å². The average Bonchev–Trinajstić information content (AvgIpc) is 3.11. The van der Waals surface area contributed by atoms with Crippen molar-refractivity contribution in [3.05, 3.63) is 53.3 Å². The molecule has 1 atom stereocenters. The molecule has 7 nitrogen and oxygen atoms in total. The lowest BCUT2D eigenvalue weighted by atomic mass is 9.99. The fourth-order valence-electron chi connectivity index (χ4n) is 3.29. The molecule has 7 heteroatoms. The second-order valence-corrected chi connectivity index (χ2v) is 6.33. The zero-order valence-electron chi connectivity index (χ0n) is 15.2. The van der Waals surface area contributed by atoms with Gasteiger partial charge < -0.3 is 14.8 Å². The first-order chi connectivity index (χ1) is 13.1. The minimum absolute atomic E-state index is 0.125. The number of rotatable bonds is 4. The maximum Gasteiger partial charge on any atom is 0.254 e. The van der Waals surface area contributed by atoms with Crippen molar-refractivity contribution < 1.29 is 14.7 Å². The number of hydrogen-bond acceptors (Lipinski definition) is 6. The number of carbonyl (C=O) groups excluding carboxylic acids is 1. The lowest BCUT2D eigenvalue weighted by molar-refractivity contribution is 0.0680. The molecule has 0 aliphatic carbocycles. The van der Waals surface area contributed by atoms with Gasteiger partial charge in [0.15, 0.2) is 0 Å². The predicted octanol–water partition coefficient (Wildman–Crippen LogP) is 2.14. The number of oxime groups is 1. The van der Waals surface area contributed by atoms with Crippen LogP contribution in [0.1, 0.15) is 28.0 Å². The van der Waals surface area contributed by atoms with E-state index in [1.807, 2.05) is 25.1 Å². The fraction of sp³-hybridized carbons (Fsp3) is 0.300. The molecule has 1 aromatic carbocycles. The quantitative estimate of drug-likeness (QED) is 0.838. The summed E-state index contributed by atoms with van der Waals surface area (Å²) in [6.07, 6.45) is 2.11. The Morgan fingerprint density at radius 3 is 2.78 bits per heavy atom. The minimum Gasteiger partial charge on any atom is -0.399 e. The van der Waals surface area contributed by atoms with E-state index < -0.39 is 0 Å². The van der Waals surface area contributed by atoms with Crippen molar-refractivity contribution in [1.29, 1.82) is 5.26 Å². The van der Waals surface area contributed by atoms with Crippen LogP contribution in [0, 0.1) is 18.3 Å². The molecule has 3 rings (SSSR count). The van der Waals surface area contributed by atoms with Crippen LogP contribution in [0.4, 0.5) is 0 Å². The fourth-order valence-corrected chi connectivity index (χ4v) is 3.29. The number of aliphatic hydroxyl groups excluding tert-OH is 1. The molecule has 2 heterocycles. The molecular formula is C20H20N4O3. The van der Waals surface area contributed by atoms with Crippen LogP contribution >= 0.6 is 0 Å². The van der Waals surface area contributed by atoms with Gasteiger partial charge in [-0.05, 0) is 41.8 Å². The van der Waals surface area contributed by atoms with Gasteiger partial charge in [-0.3, -0.25) is 4.79 Å². The van der Waals surface area contributed by atoms with Crippen molar-refractivity contribution >= 4 is 11.6 Å². The first kappa shape index (κ1) is 18.5. The third-order valence-corrected chi connectivity index (χ3v) is 4.71. The Hall–Kier alpha value is -3.24. The molecule has 1 fully saturated rings. The highest BCUT2D eigenvalue weighted by atomic mass is 16.6. The van der Waals surface area contributed by atoms with Crippen LogP contribution in [-0.2, 0) is 4.84 Å². The van der Waals surface area contributed by atoms with Crippen LogP contribution < -0.4 is 0 Å². The zero-order chi connectivity index (χ0) is 19.4. The third-order valence-electron chi connectivity index (χ3n) is 4.71. The first-order valence-electron chi connectivity index (χ1n) is 8.56. The van der Waals surface area contributed by atoms with Crippen molar-refractivity contribution in [3.8, 4) is 17.2 Å². The molecule has 1 aliphatic heterocycles. The van der Waals surface area contributed by atoms with Crippen LogP contribution in [0.15, 0.2) is 41.7 Å². The summed E-state index contributed by atoms with van der Waals surface area (Å²) in [7, 11) is 1.46. The molecule has 0 radical (unpaired) electrons. The van der Waals surface area contributed by atoms with E-state index in [0.717, 1.165) is 22.4 Å². The summed E-state index contributed by atoms with van der Waals surface area (Å²) in [5.41, 5.74) is 4.27. The minimum atomic E-state index is -0.299. The molecule has 0 saturated carbocycles. The van der Waals surface area contributed by atoms with E-state index in [1.54, 1.807) is 23.2 Å². The Morgan fingerprint density at radius 2 is 2.15 bits per heavy atom. The molecule has 0 bridgehead atoms. The van der Waals surface area contributed by atoms with Crippen LogP contribution in [0.25, 0.3) is 11.1 Å². The summed E-state index contributed by atoms with van der Waals surface area (Å²) in [5.74, 6) is -0.161. The number of likely N-dealkylation sites (tertiary alicyclic amines) is 1. The Labute approximate surface area is 157 Å². The number of aromatic nitrogens is 1. The monoisotopic (exact) mass is 364 g/mol. The number of aliphatic hydroxyl groups is 1. The van der Waals surface area contributed by atoms with E-state index in [2.05, 4.69) is 16.2 Å². The van der Waals surface area contributed by atoms with Crippen LogP contribution in [0.2, 0.25) is 0 Å². The number of carbonyl (C=O) groups is 1. The van der Waals surface area contributed by atoms with E-state index in [-0.39, 0.29) is 18.6 Å². The maximum absolute atomic E-state index is 12.8. The van der Waals surface area contributed by atoms with Crippen molar-refractivity contribution in [2.24, 2.45) is 5.16 Å². The smallest absolute Gasteiger partial charge is 0.254 e. The lowest BCUT2D eigenvalue weighted by Gasteiger charge is -2.22. The number of benzene rings is 1. The van der Waals surface area contributed by atoms with Gasteiger partial charge in [0, 0.05) is 18.2 Å². The second-order valence-electron chi connectivity index (χ2n) is 6.33. The van der Waals surface area contributed by atoms with Crippen molar-refractivity contribution in [1.82, 2.24) is 9.88 Å². The van der Waals surface area contributed by atoms with E-state index in [1.165, 1.54) is 7.11 Å². The van der Waals surface area contributed by atoms with Gasteiger partial charge in [0.05, 0.1) is 24.9 Å². The SMILES string of the molecule is CO/N=C1\C[C@@H](CO)N(C(=O)c2ccc(-c3ccnc(C#N)c3C)cc2)C1. The molecule has 1 saturated heterocycles. The number of hydrogen-bond donors (Lipinski definition) is 1. The first-order valence-corrected chi connectivity index (χ1v) is 8.56. The Bertz CT molecular complexity index is 916. The molecule has 138 valence electrons. The zero-order valence-corrected chi connectivity index (χ0v) is 15.2. The molecule has 1 amide bonds. The molecular weight excluding hydrogens is 344 g/mol. The highest BCUT2D eigenvalue weighted by Gasteiger charge is 2.33. The van der Waals surface area contributed by atoms with E-state index in [9.17, 15) is 9.90 Å². The summed E-state index contributed by atoms with van der Waals surface area (Å²) in [5, 5.41) is 22.6. The van der Waals surface area contributed by atoms with Crippen molar-refractivity contribution in [2.45, 2.75) is 19.4 Å². The number of amides is 1. The van der Waals surface area contributed by atoms with Gasteiger partial charge in [0.25, 0.3) is 5.91 Å². The molecule has 2 aromatic rings. The standard InChI is InChI=1S/C20H20N4O3/c1-13-18(7-8-22-19(13)10-21)14-3-5-15(6-4-14)20(26)24-11-16(23-27-2)9-17(24)12-25/h3-8,17,25H,9,11-12H2,1-2H3/b23-16+/t17-/m0/s1. The van der Waals surface area contributed by atoms with Gasteiger partial charge in [-0.25, -0.2) is 4.98 Å². The Kier molecular flexibility index (Phi) is 5.48. The molecule has 1 aromatic heterocycles.